The number of aromatic nitrogens is 2. The van der Waals surface area contributed by atoms with E-state index < -0.39 is 0 Å². The van der Waals surface area contributed by atoms with Gasteiger partial charge in [-0.05, 0) is 29.7 Å². The Morgan fingerprint density at radius 2 is 1.28 bits per heavy atom. The first kappa shape index (κ1) is 23.3. The highest BCUT2D eigenvalue weighted by molar-refractivity contribution is 5.78. The van der Waals surface area contributed by atoms with Crippen LogP contribution in [0.25, 0.3) is 22.5 Å². The lowest BCUT2D eigenvalue weighted by Gasteiger charge is -2.20. The van der Waals surface area contributed by atoms with Gasteiger partial charge in [-0.25, -0.2) is 4.98 Å². The first-order chi connectivity index (χ1) is 17.8. The molecule has 1 aromatic heterocycles. The van der Waals surface area contributed by atoms with Gasteiger partial charge < -0.3 is 9.64 Å². The summed E-state index contributed by atoms with van der Waals surface area (Å²) in [6.07, 6.45) is 2.75. The van der Waals surface area contributed by atoms with Crippen LogP contribution in [0.3, 0.4) is 0 Å². The van der Waals surface area contributed by atoms with Gasteiger partial charge in [-0.15, -0.1) is 0 Å². The van der Waals surface area contributed by atoms with Crippen LogP contribution in [-0.4, -0.2) is 23.6 Å². The Balaban J connectivity index is 1.30. The minimum Gasteiger partial charge on any atom is -0.489 e. The molecule has 0 radical (unpaired) electrons. The van der Waals surface area contributed by atoms with E-state index in [1.807, 2.05) is 66.9 Å². The summed E-state index contributed by atoms with van der Waals surface area (Å²) in [6.45, 7) is 1.38. The summed E-state index contributed by atoms with van der Waals surface area (Å²) in [5.74, 6) is 1.74. The number of benzene rings is 4. The summed E-state index contributed by atoms with van der Waals surface area (Å²) in [6, 6.07) is 39.1. The Morgan fingerprint density at radius 3 is 1.97 bits per heavy atom. The number of hydrogen-bond donors (Lipinski definition) is 0. The molecule has 0 bridgehead atoms. The highest BCUT2D eigenvalue weighted by Crippen LogP contribution is 2.30. The molecule has 1 heterocycles. The standard InChI is InChI=1S/C32H29N3O/c1-35(21-20-25-14-11-19-29(22-25)36-24-26-12-5-2-6-13-26)30-23-33-31(27-15-7-3-8-16-27)32(34-30)28-17-9-4-10-18-28/h2-19,22-23H,20-21,24H2,1H3. The van der Waals surface area contributed by atoms with Gasteiger partial charge in [-0.3, -0.25) is 4.98 Å². The van der Waals surface area contributed by atoms with Crippen molar-refractivity contribution in [1.29, 1.82) is 0 Å². The Morgan fingerprint density at radius 1 is 0.667 bits per heavy atom. The predicted molar refractivity (Wildman–Crippen MR) is 147 cm³/mol. The van der Waals surface area contributed by atoms with E-state index >= 15 is 0 Å². The highest BCUT2D eigenvalue weighted by Gasteiger charge is 2.14. The van der Waals surface area contributed by atoms with Crippen LogP contribution in [0, 0.1) is 0 Å². The molecule has 0 spiro atoms. The quantitative estimate of drug-likeness (QED) is 0.230. The van der Waals surface area contributed by atoms with Crippen LogP contribution in [-0.2, 0) is 13.0 Å². The zero-order valence-corrected chi connectivity index (χ0v) is 20.4. The molecule has 0 amide bonds. The average molecular weight is 472 g/mol. The van der Waals surface area contributed by atoms with Crippen LogP contribution in [0.5, 0.6) is 5.75 Å². The van der Waals surface area contributed by atoms with Gasteiger partial charge in [-0.2, -0.15) is 0 Å². The van der Waals surface area contributed by atoms with E-state index in [0.717, 1.165) is 52.6 Å². The average Bonchev–Trinajstić information content (AvgIpc) is 2.96. The molecule has 0 fully saturated rings. The van der Waals surface area contributed by atoms with Crippen LogP contribution in [0.2, 0.25) is 0 Å². The topological polar surface area (TPSA) is 38.2 Å². The molecule has 0 aliphatic carbocycles. The summed E-state index contributed by atoms with van der Waals surface area (Å²) in [5, 5.41) is 0. The molecule has 178 valence electrons. The number of nitrogens with zero attached hydrogens (tertiary/aromatic N) is 3. The maximum absolute atomic E-state index is 6.01. The summed E-state index contributed by atoms with van der Waals surface area (Å²) in [4.78, 5) is 12.1. The van der Waals surface area contributed by atoms with Crippen molar-refractivity contribution in [3.8, 4) is 28.3 Å². The van der Waals surface area contributed by atoms with Gasteiger partial charge in [0.2, 0.25) is 0 Å². The molecule has 4 heteroatoms. The van der Waals surface area contributed by atoms with Gasteiger partial charge in [0.25, 0.3) is 0 Å². The number of hydrogen-bond acceptors (Lipinski definition) is 4. The fraction of sp³-hybridized carbons (Fsp3) is 0.125. The molecular weight excluding hydrogens is 442 g/mol. The molecule has 4 nitrogen and oxygen atoms in total. The van der Waals surface area contributed by atoms with Crippen molar-refractivity contribution >= 4 is 5.82 Å². The van der Waals surface area contributed by atoms with E-state index in [2.05, 4.69) is 66.5 Å². The van der Waals surface area contributed by atoms with E-state index in [-0.39, 0.29) is 0 Å². The van der Waals surface area contributed by atoms with E-state index in [0.29, 0.717) is 6.61 Å². The lowest BCUT2D eigenvalue weighted by atomic mass is 10.0. The van der Waals surface area contributed by atoms with Crippen molar-refractivity contribution in [3.05, 3.63) is 133 Å². The SMILES string of the molecule is CN(CCc1cccc(OCc2ccccc2)c1)c1cnc(-c2ccccc2)c(-c2ccccc2)n1. The maximum atomic E-state index is 6.01. The maximum Gasteiger partial charge on any atom is 0.147 e. The molecule has 0 atom stereocenters. The fourth-order valence-electron chi connectivity index (χ4n) is 4.11. The van der Waals surface area contributed by atoms with Gasteiger partial charge in [0, 0.05) is 24.7 Å². The lowest BCUT2D eigenvalue weighted by molar-refractivity contribution is 0.306. The molecular formula is C32H29N3O. The van der Waals surface area contributed by atoms with Crippen molar-refractivity contribution in [2.45, 2.75) is 13.0 Å². The second-order valence-corrected chi connectivity index (χ2v) is 8.75. The Hall–Kier alpha value is -4.44. The smallest absolute Gasteiger partial charge is 0.147 e. The van der Waals surface area contributed by atoms with E-state index in [1.165, 1.54) is 5.56 Å². The van der Waals surface area contributed by atoms with Gasteiger partial charge >= 0.3 is 0 Å². The summed E-state index contributed by atoms with van der Waals surface area (Å²) in [5.41, 5.74) is 6.29. The van der Waals surface area contributed by atoms with Crippen LogP contribution >= 0.6 is 0 Å². The molecule has 0 saturated carbocycles. The molecule has 5 rings (SSSR count). The Kier molecular flexibility index (Phi) is 7.33. The molecule has 0 aliphatic heterocycles. The molecule has 0 aliphatic rings. The van der Waals surface area contributed by atoms with Gasteiger partial charge in [0.1, 0.15) is 18.2 Å². The Labute approximate surface area is 212 Å². The van der Waals surface area contributed by atoms with E-state index in [1.54, 1.807) is 0 Å². The van der Waals surface area contributed by atoms with Gasteiger partial charge in [-0.1, -0.05) is 103 Å². The second-order valence-electron chi connectivity index (χ2n) is 8.75. The number of rotatable bonds is 9. The summed E-state index contributed by atoms with van der Waals surface area (Å²) >= 11 is 0. The third-order valence-corrected chi connectivity index (χ3v) is 6.13. The first-order valence-electron chi connectivity index (χ1n) is 12.2. The monoisotopic (exact) mass is 471 g/mol. The molecule has 36 heavy (non-hydrogen) atoms. The predicted octanol–water partition coefficient (Wildman–Crippen LogP) is 7.07. The lowest BCUT2D eigenvalue weighted by Crippen LogP contribution is -2.22. The molecule has 0 N–H and O–H groups in total. The third kappa shape index (κ3) is 5.78. The van der Waals surface area contributed by atoms with E-state index in [9.17, 15) is 0 Å². The summed E-state index contributed by atoms with van der Waals surface area (Å²) < 4.78 is 6.01. The van der Waals surface area contributed by atoms with Crippen LogP contribution in [0.15, 0.2) is 121 Å². The van der Waals surface area contributed by atoms with Crippen molar-refractivity contribution < 1.29 is 4.74 Å². The number of ether oxygens (including phenoxy) is 1. The zero-order chi connectivity index (χ0) is 24.6. The number of likely N-dealkylation sites (N-methyl/N-ethyl adjacent to an activating group) is 1. The largest absolute Gasteiger partial charge is 0.489 e. The van der Waals surface area contributed by atoms with Crippen LogP contribution in [0.1, 0.15) is 11.1 Å². The van der Waals surface area contributed by atoms with Crippen molar-refractivity contribution in [2.75, 3.05) is 18.5 Å². The van der Waals surface area contributed by atoms with Crippen molar-refractivity contribution in [2.24, 2.45) is 0 Å². The third-order valence-electron chi connectivity index (χ3n) is 6.13. The Bertz CT molecular complexity index is 1390. The first-order valence-corrected chi connectivity index (χ1v) is 12.2. The second kappa shape index (κ2) is 11.3. The van der Waals surface area contributed by atoms with Crippen LogP contribution in [0.4, 0.5) is 5.82 Å². The molecule has 4 aromatic carbocycles. The number of anilines is 1. The zero-order valence-electron chi connectivity index (χ0n) is 20.4. The van der Waals surface area contributed by atoms with Gasteiger partial charge in [0.15, 0.2) is 0 Å². The van der Waals surface area contributed by atoms with Gasteiger partial charge in [0.05, 0.1) is 17.6 Å². The highest BCUT2D eigenvalue weighted by atomic mass is 16.5. The minimum absolute atomic E-state index is 0.565. The molecule has 0 unspecified atom stereocenters. The molecule has 0 saturated heterocycles. The van der Waals surface area contributed by atoms with Crippen molar-refractivity contribution in [1.82, 2.24) is 9.97 Å². The normalized spacial score (nSPS) is 10.7. The van der Waals surface area contributed by atoms with E-state index in [4.69, 9.17) is 14.7 Å². The summed E-state index contributed by atoms with van der Waals surface area (Å²) in [7, 11) is 2.07. The fourth-order valence-corrected chi connectivity index (χ4v) is 4.11. The van der Waals surface area contributed by atoms with Crippen LogP contribution < -0.4 is 9.64 Å². The minimum atomic E-state index is 0.565. The van der Waals surface area contributed by atoms with Crippen molar-refractivity contribution in [3.63, 3.8) is 0 Å². The molecule has 5 aromatic rings.